The highest BCUT2D eigenvalue weighted by Gasteiger charge is 2.41. The second kappa shape index (κ2) is 8.67. The number of alkyl halides is 3. The topological polar surface area (TPSA) is 99.2 Å². The van der Waals surface area contributed by atoms with E-state index in [2.05, 4.69) is 15.2 Å². The number of nitrogens with one attached hydrogen (secondary N) is 1. The molecule has 0 saturated carbocycles. The van der Waals surface area contributed by atoms with E-state index >= 15 is 0 Å². The van der Waals surface area contributed by atoms with Crippen LogP contribution in [0, 0.1) is 0 Å². The molecule has 1 amide bonds. The van der Waals surface area contributed by atoms with E-state index in [1.165, 1.54) is 31.2 Å². The Balaban J connectivity index is 2.30. The Bertz CT molecular complexity index is 801. The molecule has 0 fully saturated rings. The SMILES string of the molecule is CCOC(=O)c1cnn(-c2ccc(NC(=O)CCCN)cc2)c1C(F)(F)F. The number of rotatable bonds is 7. The summed E-state index contributed by atoms with van der Waals surface area (Å²) >= 11 is 0. The molecule has 10 heteroatoms. The van der Waals surface area contributed by atoms with Crippen molar-refractivity contribution in [2.75, 3.05) is 18.5 Å². The summed E-state index contributed by atoms with van der Waals surface area (Å²) in [4.78, 5) is 23.5. The molecule has 1 aromatic heterocycles. The summed E-state index contributed by atoms with van der Waals surface area (Å²) in [7, 11) is 0. The molecule has 146 valence electrons. The molecule has 7 nitrogen and oxygen atoms in total. The van der Waals surface area contributed by atoms with Crippen molar-refractivity contribution in [3.05, 3.63) is 41.7 Å². The summed E-state index contributed by atoms with van der Waals surface area (Å²) in [5.74, 6) is -1.34. The number of amides is 1. The van der Waals surface area contributed by atoms with E-state index in [4.69, 9.17) is 5.73 Å². The highest BCUT2D eigenvalue weighted by atomic mass is 19.4. The maximum atomic E-state index is 13.5. The van der Waals surface area contributed by atoms with E-state index in [9.17, 15) is 22.8 Å². The van der Waals surface area contributed by atoms with Crippen LogP contribution in [0.2, 0.25) is 0 Å². The molecule has 0 radical (unpaired) electrons. The molecule has 0 saturated heterocycles. The fourth-order valence-electron chi connectivity index (χ4n) is 2.35. The molecule has 0 unspecified atom stereocenters. The summed E-state index contributed by atoms with van der Waals surface area (Å²) < 4.78 is 45.7. The van der Waals surface area contributed by atoms with Crippen molar-refractivity contribution in [1.82, 2.24) is 9.78 Å². The lowest BCUT2D eigenvalue weighted by Crippen LogP contribution is -2.18. The maximum absolute atomic E-state index is 13.5. The van der Waals surface area contributed by atoms with Gasteiger partial charge in [-0.25, -0.2) is 9.48 Å². The molecule has 2 aromatic rings. The minimum atomic E-state index is -4.81. The van der Waals surface area contributed by atoms with Gasteiger partial charge in [0.1, 0.15) is 5.56 Å². The smallest absolute Gasteiger partial charge is 0.434 e. The van der Waals surface area contributed by atoms with Crippen LogP contribution >= 0.6 is 0 Å². The monoisotopic (exact) mass is 384 g/mol. The normalized spacial score (nSPS) is 11.3. The maximum Gasteiger partial charge on any atom is 0.434 e. The molecule has 0 atom stereocenters. The number of halogens is 3. The number of nitrogens with zero attached hydrogens (tertiary/aromatic N) is 2. The second-order valence-electron chi connectivity index (χ2n) is 5.52. The van der Waals surface area contributed by atoms with Gasteiger partial charge >= 0.3 is 12.1 Å². The van der Waals surface area contributed by atoms with Gasteiger partial charge in [-0.3, -0.25) is 4.79 Å². The van der Waals surface area contributed by atoms with E-state index in [1.54, 1.807) is 0 Å². The molecule has 27 heavy (non-hydrogen) atoms. The lowest BCUT2D eigenvalue weighted by Gasteiger charge is -2.13. The van der Waals surface area contributed by atoms with Gasteiger partial charge < -0.3 is 15.8 Å². The fraction of sp³-hybridized carbons (Fsp3) is 0.353. The highest BCUT2D eigenvalue weighted by Crippen LogP contribution is 2.34. The fourth-order valence-corrected chi connectivity index (χ4v) is 2.35. The number of hydrogen-bond acceptors (Lipinski definition) is 5. The molecular formula is C17H19F3N4O3. The predicted molar refractivity (Wildman–Crippen MR) is 91.4 cm³/mol. The van der Waals surface area contributed by atoms with Crippen LogP contribution in [0.1, 0.15) is 35.8 Å². The molecule has 1 aromatic carbocycles. The Morgan fingerprint density at radius 2 is 1.93 bits per heavy atom. The number of nitrogens with two attached hydrogens (primary N) is 1. The number of esters is 1. The Hall–Kier alpha value is -2.88. The molecule has 0 aliphatic rings. The third-order valence-electron chi connectivity index (χ3n) is 3.54. The van der Waals surface area contributed by atoms with Crippen molar-refractivity contribution in [1.29, 1.82) is 0 Å². The first kappa shape index (κ1) is 20.4. The van der Waals surface area contributed by atoms with Gasteiger partial charge in [-0.15, -0.1) is 0 Å². The van der Waals surface area contributed by atoms with Gasteiger partial charge in [0.2, 0.25) is 5.91 Å². The lowest BCUT2D eigenvalue weighted by molar-refractivity contribution is -0.143. The first-order valence-corrected chi connectivity index (χ1v) is 8.20. The van der Waals surface area contributed by atoms with Crippen molar-refractivity contribution in [2.24, 2.45) is 5.73 Å². The number of carbonyl (C=O) groups excluding carboxylic acids is 2. The largest absolute Gasteiger partial charge is 0.462 e. The van der Waals surface area contributed by atoms with Crippen molar-refractivity contribution < 1.29 is 27.5 Å². The van der Waals surface area contributed by atoms with Crippen molar-refractivity contribution in [2.45, 2.75) is 25.9 Å². The summed E-state index contributed by atoms with van der Waals surface area (Å²) in [6.07, 6.45) is -3.21. The van der Waals surface area contributed by atoms with Crippen LogP contribution in [0.15, 0.2) is 30.5 Å². The molecule has 1 heterocycles. The molecule has 0 aliphatic heterocycles. The van der Waals surface area contributed by atoms with Gasteiger partial charge in [0.25, 0.3) is 0 Å². The summed E-state index contributed by atoms with van der Waals surface area (Å²) in [6.45, 7) is 1.82. The quantitative estimate of drug-likeness (QED) is 0.715. The van der Waals surface area contributed by atoms with Gasteiger partial charge in [-0.1, -0.05) is 0 Å². The van der Waals surface area contributed by atoms with Crippen molar-refractivity contribution in [3.63, 3.8) is 0 Å². The number of ether oxygens (including phenoxy) is 1. The van der Waals surface area contributed by atoms with Crippen LogP contribution in [0.5, 0.6) is 0 Å². The van der Waals surface area contributed by atoms with Crippen molar-refractivity contribution in [3.8, 4) is 5.69 Å². The van der Waals surface area contributed by atoms with Crippen LogP contribution in [0.3, 0.4) is 0 Å². The van der Waals surface area contributed by atoms with Crippen LogP contribution in [-0.2, 0) is 15.7 Å². The minimum Gasteiger partial charge on any atom is -0.462 e. The standard InChI is InChI=1S/C17H19F3N4O3/c1-2-27-16(26)13-10-22-24(15(13)17(18,19)20)12-7-5-11(6-8-12)23-14(25)4-3-9-21/h5-8,10H,2-4,9,21H2,1H3,(H,23,25). The molecular weight excluding hydrogens is 365 g/mol. The number of anilines is 1. The molecule has 3 N–H and O–H groups in total. The molecule has 0 spiro atoms. The summed E-state index contributed by atoms with van der Waals surface area (Å²) in [5.41, 5.74) is 3.95. The zero-order valence-corrected chi connectivity index (χ0v) is 14.5. The van der Waals surface area contributed by atoms with Gasteiger partial charge in [0.15, 0.2) is 5.69 Å². The third-order valence-corrected chi connectivity index (χ3v) is 3.54. The van der Waals surface area contributed by atoms with E-state index < -0.39 is 23.4 Å². The highest BCUT2D eigenvalue weighted by molar-refractivity contribution is 5.91. The third kappa shape index (κ3) is 5.07. The molecule has 0 aliphatic carbocycles. The number of carbonyl (C=O) groups is 2. The van der Waals surface area contributed by atoms with Crippen LogP contribution in [0.25, 0.3) is 5.69 Å². The van der Waals surface area contributed by atoms with Crippen molar-refractivity contribution >= 4 is 17.6 Å². The van der Waals surface area contributed by atoms with Gasteiger partial charge in [-0.2, -0.15) is 18.3 Å². The minimum absolute atomic E-state index is 0.0557. The lowest BCUT2D eigenvalue weighted by atomic mass is 10.2. The Kier molecular flexibility index (Phi) is 6.56. The van der Waals surface area contributed by atoms with Gasteiger partial charge in [0.05, 0.1) is 18.5 Å². The Morgan fingerprint density at radius 3 is 2.48 bits per heavy atom. The van der Waals surface area contributed by atoms with Gasteiger partial charge in [-0.05, 0) is 44.2 Å². The van der Waals surface area contributed by atoms with E-state index in [0.717, 1.165) is 6.20 Å². The molecule has 2 rings (SSSR count). The van der Waals surface area contributed by atoms with Gasteiger partial charge in [0, 0.05) is 12.1 Å². The average Bonchev–Trinajstić information content (AvgIpc) is 3.06. The number of benzene rings is 1. The predicted octanol–water partition coefficient (Wildman–Crippen LogP) is 2.75. The van der Waals surface area contributed by atoms with Crippen LogP contribution in [-0.4, -0.2) is 34.8 Å². The Labute approximate surface area is 153 Å². The van der Waals surface area contributed by atoms with E-state index in [0.29, 0.717) is 23.3 Å². The summed E-state index contributed by atoms with van der Waals surface area (Å²) in [5, 5.41) is 6.30. The van der Waals surface area contributed by atoms with Crippen LogP contribution < -0.4 is 11.1 Å². The zero-order chi connectivity index (χ0) is 20.0. The average molecular weight is 384 g/mol. The second-order valence-corrected chi connectivity index (χ2v) is 5.52. The Morgan fingerprint density at radius 1 is 1.26 bits per heavy atom. The number of aromatic nitrogens is 2. The van der Waals surface area contributed by atoms with Crippen LogP contribution in [0.4, 0.5) is 18.9 Å². The zero-order valence-electron chi connectivity index (χ0n) is 14.5. The molecule has 0 bridgehead atoms. The number of hydrogen-bond donors (Lipinski definition) is 2. The summed E-state index contributed by atoms with van der Waals surface area (Å²) in [6, 6.07) is 5.61. The van der Waals surface area contributed by atoms with E-state index in [1.807, 2.05) is 0 Å². The first-order valence-electron chi connectivity index (χ1n) is 8.20. The first-order chi connectivity index (χ1) is 12.8. The van der Waals surface area contributed by atoms with E-state index in [-0.39, 0.29) is 24.6 Å².